The number of carbonyl (C=O) groups is 1. The van der Waals surface area contributed by atoms with Crippen molar-refractivity contribution in [2.24, 2.45) is 11.7 Å². The van der Waals surface area contributed by atoms with Gasteiger partial charge in [0.2, 0.25) is 0 Å². The van der Waals surface area contributed by atoms with Crippen molar-refractivity contribution in [2.75, 3.05) is 12.4 Å². The zero-order valence-corrected chi connectivity index (χ0v) is 10.5. The van der Waals surface area contributed by atoms with Crippen LogP contribution in [0.5, 0.6) is 0 Å². The van der Waals surface area contributed by atoms with Crippen LogP contribution in [0.3, 0.4) is 0 Å². The molecule has 0 radical (unpaired) electrons. The number of anilines is 1. The quantitative estimate of drug-likeness (QED) is 0.823. The molecule has 3 N–H and O–H groups in total. The Balaban J connectivity index is 2.32. The number of amides is 2. The topological polar surface area (TPSA) is 58.4 Å². The minimum absolute atomic E-state index is 0.0447. The highest BCUT2D eigenvalue weighted by molar-refractivity contribution is 5.92. The summed E-state index contributed by atoms with van der Waals surface area (Å²) >= 11 is 0. The van der Waals surface area contributed by atoms with Gasteiger partial charge >= 0.3 is 6.03 Å². The zero-order valence-electron chi connectivity index (χ0n) is 10.5. The van der Waals surface area contributed by atoms with E-state index in [1.807, 2.05) is 12.1 Å². The lowest BCUT2D eigenvalue weighted by atomic mass is 9.94. The SMILES string of the molecule is CC(C)C(N)c1ccc2c(c1)CN(C)C(=O)N2. The Morgan fingerprint density at radius 2 is 2.12 bits per heavy atom. The van der Waals surface area contributed by atoms with Crippen LogP contribution in [-0.2, 0) is 6.54 Å². The number of benzene rings is 1. The number of nitrogens with one attached hydrogen (secondary N) is 1. The van der Waals surface area contributed by atoms with E-state index in [9.17, 15) is 4.79 Å². The van der Waals surface area contributed by atoms with Gasteiger partial charge in [-0.05, 0) is 23.1 Å². The maximum Gasteiger partial charge on any atom is 0.321 e. The number of rotatable bonds is 2. The molecule has 1 unspecified atom stereocenters. The van der Waals surface area contributed by atoms with E-state index in [1.54, 1.807) is 11.9 Å². The second-order valence-electron chi connectivity index (χ2n) is 4.97. The molecule has 4 nitrogen and oxygen atoms in total. The molecule has 1 heterocycles. The molecule has 1 aromatic rings. The summed E-state index contributed by atoms with van der Waals surface area (Å²) in [6.45, 7) is 4.86. The lowest BCUT2D eigenvalue weighted by molar-refractivity contribution is 0.218. The van der Waals surface area contributed by atoms with Gasteiger partial charge in [0, 0.05) is 25.3 Å². The molecule has 2 rings (SSSR count). The van der Waals surface area contributed by atoms with Crippen LogP contribution in [-0.4, -0.2) is 18.0 Å². The maximum atomic E-state index is 11.5. The Kier molecular flexibility index (Phi) is 3.07. The van der Waals surface area contributed by atoms with Gasteiger partial charge in [-0.3, -0.25) is 0 Å². The third-order valence-electron chi connectivity index (χ3n) is 3.23. The number of fused-ring (bicyclic) bond motifs is 1. The summed E-state index contributed by atoms with van der Waals surface area (Å²) < 4.78 is 0. The molecule has 0 aliphatic carbocycles. The van der Waals surface area contributed by atoms with Crippen LogP contribution in [0, 0.1) is 5.92 Å². The van der Waals surface area contributed by atoms with E-state index in [1.165, 1.54) is 0 Å². The van der Waals surface area contributed by atoms with E-state index in [-0.39, 0.29) is 12.1 Å². The molecule has 0 saturated carbocycles. The van der Waals surface area contributed by atoms with E-state index in [4.69, 9.17) is 5.73 Å². The van der Waals surface area contributed by atoms with Gasteiger partial charge < -0.3 is 16.0 Å². The predicted molar refractivity (Wildman–Crippen MR) is 68.7 cm³/mol. The largest absolute Gasteiger partial charge is 0.324 e. The first-order valence-corrected chi connectivity index (χ1v) is 5.89. The smallest absolute Gasteiger partial charge is 0.321 e. The molecule has 1 aliphatic rings. The fourth-order valence-electron chi connectivity index (χ4n) is 2.00. The summed E-state index contributed by atoms with van der Waals surface area (Å²) in [7, 11) is 1.79. The summed E-state index contributed by atoms with van der Waals surface area (Å²) in [5.41, 5.74) is 9.28. The molecule has 2 amide bonds. The van der Waals surface area contributed by atoms with Crippen LogP contribution < -0.4 is 11.1 Å². The van der Waals surface area contributed by atoms with Gasteiger partial charge in [0.05, 0.1) is 0 Å². The first kappa shape index (κ1) is 11.9. The first-order chi connectivity index (χ1) is 7.99. The van der Waals surface area contributed by atoms with Crippen LogP contribution in [0.4, 0.5) is 10.5 Å². The number of hydrogen-bond donors (Lipinski definition) is 2. The maximum absolute atomic E-state index is 11.5. The van der Waals surface area contributed by atoms with Gasteiger partial charge in [0.15, 0.2) is 0 Å². The molecule has 0 fully saturated rings. The molecule has 4 heteroatoms. The summed E-state index contributed by atoms with van der Waals surface area (Å²) in [4.78, 5) is 13.1. The van der Waals surface area contributed by atoms with Gasteiger partial charge in [-0.1, -0.05) is 26.0 Å². The van der Waals surface area contributed by atoms with Crippen molar-refractivity contribution < 1.29 is 4.79 Å². The van der Waals surface area contributed by atoms with Crippen molar-refractivity contribution in [2.45, 2.75) is 26.4 Å². The van der Waals surface area contributed by atoms with Crippen LogP contribution >= 0.6 is 0 Å². The molecular formula is C13H19N3O. The van der Waals surface area contributed by atoms with Crippen molar-refractivity contribution in [3.8, 4) is 0 Å². The van der Waals surface area contributed by atoms with Gasteiger partial charge in [-0.25, -0.2) is 4.79 Å². The van der Waals surface area contributed by atoms with Crippen LogP contribution in [0.2, 0.25) is 0 Å². The van der Waals surface area contributed by atoms with E-state index in [0.29, 0.717) is 12.5 Å². The Morgan fingerprint density at radius 1 is 1.41 bits per heavy atom. The minimum atomic E-state index is -0.0570. The van der Waals surface area contributed by atoms with E-state index in [0.717, 1.165) is 16.8 Å². The third kappa shape index (κ3) is 2.26. The molecule has 0 spiro atoms. The second-order valence-corrected chi connectivity index (χ2v) is 4.97. The minimum Gasteiger partial charge on any atom is -0.324 e. The predicted octanol–water partition coefficient (Wildman–Crippen LogP) is 2.32. The molecule has 0 aromatic heterocycles. The van der Waals surface area contributed by atoms with Crippen molar-refractivity contribution in [1.29, 1.82) is 0 Å². The molecule has 17 heavy (non-hydrogen) atoms. The zero-order chi connectivity index (χ0) is 12.6. The number of urea groups is 1. The van der Waals surface area contributed by atoms with E-state index < -0.39 is 0 Å². The van der Waals surface area contributed by atoms with E-state index in [2.05, 4.69) is 25.2 Å². The van der Waals surface area contributed by atoms with Gasteiger partial charge in [0.25, 0.3) is 0 Å². The normalized spacial score (nSPS) is 16.8. The highest BCUT2D eigenvalue weighted by Gasteiger charge is 2.20. The van der Waals surface area contributed by atoms with Gasteiger partial charge in [0.1, 0.15) is 0 Å². The monoisotopic (exact) mass is 233 g/mol. The van der Waals surface area contributed by atoms with Crippen LogP contribution in [0.1, 0.15) is 31.0 Å². The Bertz CT molecular complexity index is 442. The van der Waals surface area contributed by atoms with Crippen molar-refractivity contribution in [1.82, 2.24) is 4.90 Å². The van der Waals surface area contributed by atoms with Crippen LogP contribution in [0.25, 0.3) is 0 Å². The summed E-state index contributed by atoms with van der Waals surface area (Å²) in [6.07, 6.45) is 0. The first-order valence-electron chi connectivity index (χ1n) is 5.89. The highest BCUT2D eigenvalue weighted by atomic mass is 16.2. The number of carbonyl (C=O) groups excluding carboxylic acids is 1. The van der Waals surface area contributed by atoms with Gasteiger partial charge in [-0.2, -0.15) is 0 Å². The average molecular weight is 233 g/mol. The third-order valence-corrected chi connectivity index (χ3v) is 3.23. The molecule has 92 valence electrons. The second kappa shape index (κ2) is 4.37. The van der Waals surface area contributed by atoms with Crippen molar-refractivity contribution >= 4 is 11.7 Å². The molecule has 0 bridgehead atoms. The fraction of sp³-hybridized carbons (Fsp3) is 0.462. The Labute approximate surface area is 102 Å². The highest BCUT2D eigenvalue weighted by Crippen LogP contribution is 2.27. The number of nitrogens with zero attached hydrogens (tertiary/aromatic N) is 1. The number of hydrogen-bond acceptors (Lipinski definition) is 2. The van der Waals surface area contributed by atoms with Crippen molar-refractivity contribution in [3.63, 3.8) is 0 Å². The van der Waals surface area contributed by atoms with E-state index >= 15 is 0 Å². The Morgan fingerprint density at radius 3 is 2.76 bits per heavy atom. The summed E-state index contributed by atoms with van der Waals surface area (Å²) in [5.74, 6) is 0.406. The summed E-state index contributed by atoms with van der Waals surface area (Å²) in [6, 6.07) is 6.02. The molecule has 0 saturated heterocycles. The standard InChI is InChI=1S/C13H19N3O/c1-8(2)12(14)9-4-5-11-10(6-9)7-16(3)13(17)15-11/h4-6,8,12H,7,14H2,1-3H3,(H,15,17). The molecule has 1 aromatic carbocycles. The molecule has 1 aliphatic heterocycles. The summed E-state index contributed by atoms with van der Waals surface area (Å²) in [5, 5.41) is 2.85. The lowest BCUT2D eigenvalue weighted by Crippen LogP contribution is -2.35. The molecule has 1 atom stereocenters. The lowest BCUT2D eigenvalue weighted by Gasteiger charge is -2.27. The van der Waals surface area contributed by atoms with Crippen LogP contribution in [0.15, 0.2) is 18.2 Å². The average Bonchev–Trinajstić information content (AvgIpc) is 2.29. The van der Waals surface area contributed by atoms with Crippen molar-refractivity contribution in [3.05, 3.63) is 29.3 Å². The number of nitrogens with two attached hydrogens (primary N) is 1. The van der Waals surface area contributed by atoms with Gasteiger partial charge in [-0.15, -0.1) is 0 Å². The molecular weight excluding hydrogens is 214 g/mol. The fourth-order valence-corrected chi connectivity index (χ4v) is 2.00. The Hall–Kier alpha value is -1.55.